The lowest BCUT2D eigenvalue weighted by molar-refractivity contribution is -0.142. The van der Waals surface area contributed by atoms with Crippen molar-refractivity contribution < 1.29 is 63.0 Å². The molecule has 0 bridgehead atoms. The molecule has 0 fully saturated rings. The molecular weight excluding hydrogens is 718 g/mol. The van der Waals surface area contributed by atoms with Crippen molar-refractivity contribution in [1.82, 2.24) is 16.0 Å². The number of carboxylic acid groups (broad SMARTS) is 3. The van der Waals surface area contributed by atoms with E-state index in [0.29, 0.717) is 59.0 Å². The molecule has 0 aromatic rings. The number of hydrogen-bond acceptors (Lipinski definition) is 10. The van der Waals surface area contributed by atoms with Gasteiger partial charge in [-0.05, 0) is 32.1 Å². The van der Waals surface area contributed by atoms with Crippen LogP contribution in [0.3, 0.4) is 0 Å². The largest absolute Gasteiger partial charge is 0.481 e. The van der Waals surface area contributed by atoms with E-state index in [-0.39, 0.29) is 75.5 Å². The van der Waals surface area contributed by atoms with Crippen molar-refractivity contribution in [1.29, 1.82) is 0 Å². The Bertz CT molecular complexity index is 1030. The fourth-order valence-electron chi connectivity index (χ4n) is 5.42. The molecule has 0 saturated carbocycles. The van der Waals surface area contributed by atoms with Gasteiger partial charge in [0.25, 0.3) is 0 Å². The van der Waals surface area contributed by atoms with Crippen LogP contribution in [-0.2, 0) is 47.7 Å². The first-order valence-electron chi connectivity index (χ1n) is 20.3. The smallest absolute Gasteiger partial charge is 0.326 e. The monoisotopic (exact) mass is 789 g/mol. The number of amides is 3. The number of rotatable bonds is 41. The van der Waals surface area contributed by atoms with E-state index in [1.54, 1.807) is 6.92 Å². The molecule has 16 heteroatoms. The van der Waals surface area contributed by atoms with Gasteiger partial charge in [0, 0.05) is 38.8 Å². The molecule has 0 heterocycles. The van der Waals surface area contributed by atoms with Crippen LogP contribution < -0.4 is 16.0 Å². The van der Waals surface area contributed by atoms with Gasteiger partial charge in [-0.2, -0.15) is 0 Å². The van der Waals surface area contributed by atoms with E-state index in [9.17, 15) is 33.9 Å². The van der Waals surface area contributed by atoms with Crippen LogP contribution in [0, 0.1) is 5.92 Å². The van der Waals surface area contributed by atoms with Crippen molar-refractivity contribution in [2.45, 2.75) is 141 Å². The van der Waals surface area contributed by atoms with Gasteiger partial charge in [-0.25, -0.2) is 4.79 Å². The second kappa shape index (κ2) is 37.6. The van der Waals surface area contributed by atoms with Gasteiger partial charge in [0.05, 0.1) is 58.8 Å². The summed E-state index contributed by atoms with van der Waals surface area (Å²) in [5.41, 5.74) is 0. The van der Waals surface area contributed by atoms with E-state index in [4.69, 9.17) is 29.2 Å². The van der Waals surface area contributed by atoms with Crippen molar-refractivity contribution in [3.05, 3.63) is 0 Å². The van der Waals surface area contributed by atoms with Crippen LogP contribution in [0.15, 0.2) is 0 Å². The highest BCUT2D eigenvalue weighted by Crippen LogP contribution is 2.13. The summed E-state index contributed by atoms with van der Waals surface area (Å²) in [7, 11) is 0. The van der Waals surface area contributed by atoms with Gasteiger partial charge < -0.3 is 50.2 Å². The zero-order valence-corrected chi connectivity index (χ0v) is 33.3. The Labute approximate surface area is 327 Å². The zero-order chi connectivity index (χ0) is 40.8. The van der Waals surface area contributed by atoms with Crippen LogP contribution in [0.25, 0.3) is 0 Å². The maximum atomic E-state index is 12.3. The van der Waals surface area contributed by atoms with Gasteiger partial charge in [-0.1, -0.05) is 77.6 Å². The number of carbonyl (C=O) groups is 6. The lowest BCUT2D eigenvalue weighted by atomic mass is 10.0. The summed E-state index contributed by atoms with van der Waals surface area (Å²) >= 11 is 0. The highest BCUT2D eigenvalue weighted by Gasteiger charge is 2.20. The van der Waals surface area contributed by atoms with Gasteiger partial charge in [0.2, 0.25) is 17.7 Å². The van der Waals surface area contributed by atoms with Gasteiger partial charge in [-0.3, -0.25) is 24.0 Å². The Kier molecular flexibility index (Phi) is 35.3. The van der Waals surface area contributed by atoms with Crippen molar-refractivity contribution in [3.8, 4) is 0 Å². The summed E-state index contributed by atoms with van der Waals surface area (Å²) in [6, 6.07) is -1.12. The van der Waals surface area contributed by atoms with Gasteiger partial charge in [-0.15, -0.1) is 0 Å². The molecule has 3 amide bonds. The van der Waals surface area contributed by atoms with E-state index < -0.39 is 23.9 Å². The van der Waals surface area contributed by atoms with Gasteiger partial charge in [0.1, 0.15) is 6.04 Å². The van der Waals surface area contributed by atoms with Crippen LogP contribution in [0.2, 0.25) is 0 Å². The van der Waals surface area contributed by atoms with E-state index in [0.717, 1.165) is 64.2 Å². The third-order valence-corrected chi connectivity index (χ3v) is 8.80. The maximum Gasteiger partial charge on any atom is 0.326 e. The first kappa shape index (κ1) is 51.7. The Morgan fingerprint density at radius 2 is 0.891 bits per heavy atom. The minimum Gasteiger partial charge on any atom is -0.481 e. The first-order valence-corrected chi connectivity index (χ1v) is 20.3. The summed E-state index contributed by atoms with van der Waals surface area (Å²) < 4.78 is 21.7. The number of carboxylic acids is 3. The van der Waals surface area contributed by atoms with Crippen LogP contribution in [0.1, 0.15) is 135 Å². The van der Waals surface area contributed by atoms with Gasteiger partial charge >= 0.3 is 17.9 Å². The molecule has 0 unspecified atom stereocenters. The molecule has 0 aliphatic heterocycles. The number of unbranched alkanes of at least 4 members (excludes halogenated alkanes) is 12. The minimum atomic E-state index is -1.17. The van der Waals surface area contributed by atoms with Crippen molar-refractivity contribution in [2.75, 3.05) is 65.9 Å². The van der Waals surface area contributed by atoms with E-state index >= 15 is 0 Å². The minimum absolute atomic E-state index is 0.00522. The topological polar surface area (TPSA) is 236 Å². The molecule has 0 spiro atoms. The predicted molar refractivity (Wildman–Crippen MR) is 206 cm³/mol. The molecule has 0 aliphatic rings. The van der Waals surface area contributed by atoms with E-state index in [1.165, 1.54) is 19.3 Å². The number of ether oxygens (including phenoxy) is 4. The Morgan fingerprint density at radius 1 is 0.436 bits per heavy atom. The summed E-state index contributed by atoms with van der Waals surface area (Å²) in [5, 5.41) is 35.0. The summed E-state index contributed by atoms with van der Waals surface area (Å²) in [5.74, 6) is -3.82. The fraction of sp³-hybridized carbons (Fsp3) is 0.846. The summed E-state index contributed by atoms with van der Waals surface area (Å²) in [6.07, 6.45) is 15.2. The highest BCUT2D eigenvalue weighted by atomic mass is 16.6. The van der Waals surface area contributed by atoms with Gasteiger partial charge in [0.15, 0.2) is 0 Å². The first-order chi connectivity index (χ1) is 26.5. The molecular formula is C39H71N3O13. The second-order valence-electron chi connectivity index (χ2n) is 13.8. The molecule has 0 aliphatic carbocycles. The molecule has 2 atom stereocenters. The van der Waals surface area contributed by atoms with Crippen LogP contribution in [0.4, 0.5) is 0 Å². The average molecular weight is 790 g/mol. The quantitative estimate of drug-likeness (QED) is 0.0470. The average Bonchev–Trinajstić information content (AvgIpc) is 3.14. The number of carbonyl (C=O) groups excluding carboxylic acids is 3. The maximum absolute atomic E-state index is 12.3. The molecule has 320 valence electrons. The molecule has 0 aromatic heterocycles. The van der Waals surface area contributed by atoms with Crippen molar-refractivity contribution in [2.24, 2.45) is 5.92 Å². The predicted octanol–water partition coefficient (Wildman–Crippen LogP) is 4.46. The lowest BCUT2D eigenvalue weighted by Crippen LogP contribution is -2.41. The third kappa shape index (κ3) is 37.4. The molecule has 16 nitrogen and oxygen atoms in total. The number of hydrogen-bond donors (Lipinski definition) is 6. The molecule has 55 heavy (non-hydrogen) atoms. The fourth-order valence-corrected chi connectivity index (χ4v) is 5.42. The van der Waals surface area contributed by atoms with Crippen LogP contribution in [0.5, 0.6) is 0 Å². The number of nitrogens with one attached hydrogen (secondary N) is 3. The second-order valence-corrected chi connectivity index (χ2v) is 13.8. The summed E-state index contributed by atoms with van der Waals surface area (Å²) in [6.45, 7) is 5.15. The van der Waals surface area contributed by atoms with Crippen molar-refractivity contribution in [3.63, 3.8) is 0 Å². The Morgan fingerprint density at radius 3 is 1.40 bits per heavy atom. The zero-order valence-electron chi connectivity index (χ0n) is 33.3. The Balaban J connectivity index is 3.60. The molecule has 0 radical (unpaired) electrons. The highest BCUT2D eigenvalue weighted by molar-refractivity contribution is 5.84. The SMILES string of the molecule is C[C@@H](CCCCNC(=O)CCOCCOCCOCCOCCNC(=O)CC[C@H](NC(=O)CCCCCCCCCCCCCCC(=O)O)C(=O)O)C(=O)O. The summed E-state index contributed by atoms with van der Waals surface area (Å²) in [4.78, 5) is 69.1. The van der Waals surface area contributed by atoms with Crippen molar-refractivity contribution >= 4 is 35.6 Å². The Hall–Kier alpha value is -3.34. The molecule has 0 rings (SSSR count). The van der Waals surface area contributed by atoms with E-state index in [1.807, 2.05) is 0 Å². The third-order valence-electron chi connectivity index (χ3n) is 8.80. The lowest BCUT2D eigenvalue weighted by Gasteiger charge is -2.14. The standard InChI is InChI=1S/C39H71N3O13/c1-32(38(48)49)16-14-15-22-40-35(44)21-24-52-26-28-54-30-31-55-29-27-53-25-23-41-34(43)20-19-33(39(50)51)42-36(45)17-12-10-8-6-4-2-3-5-7-9-11-13-18-37(46)47/h32-33H,2-31H2,1H3,(H,40,44)(H,41,43)(H,42,45)(H,46,47)(H,48,49)(H,50,51)/t32-,33-/m0/s1. The number of aliphatic carboxylic acids is 3. The molecule has 0 saturated heterocycles. The van der Waals surface area contributed by atoms with Crippen LogP contribution in [-0.4, -0.2) is 123 Å². The van der Waals surface area contributed by atoms with E-state index in [2.05, 4.69) is 16.0 Å². The van der Waals surface area contributed by atoms with Crippen LogP contribution >= 0.6 is 0 Å². The molecule has 6 N–H and O–H groups in total. The normalized spacial score (nSPS) is 12.2. The molecule has 0 aromatic carbocycles.